The van der Waals surface area contributed by atoms with Crippen molar-refractivity contribution >= 4 is 0 Å². The van der Waals surface area contributed by atoms with Gasteiger partial charge in [0.05, 0.1) is 0 Å². The van der Waals surface area contributed by atoms with Gasteiger partial charge in [-0.3, -0.25) is 0 Å². The Hall–Kier alpha value is -0.960. The second kappa shape index (κ2) is 5.79. The Balaban J connectivity index is 2.23. The molecule has 18 heavy (non-hydrogen) atoms. The van der Waals surface area contributed by atoms with Crippen molar-refractivity contribution in [1.29, 1.82) is 0 Å². The first-order chi connectivity index (χ1) is 8.68. The molecule has 0 spiro atoms. The van der Waals surface area contributed by atoms with Crippen molar-refractivity contribution in [2.45, 2.75) is 44.4 Å². The molecule has 1 N–H and O–H groups in total. The van der Waals surface area contributed by atoms with Crippen LogP contribution in [0.5, 0.6) is 0 Å². The van der Waals surface area contributed by atoms with Gasteiger partial charge in [0, 0.05) is 18.0 Å². The normalized spacial score (nSPS) is 18.2. The van der Waals surface area contributed by atoms with Gasteiger partial charge < -0.3 is 5.32 Å². The Kier molecular flexibility index (Phi) is 4.33. The number of hydrogen-bond donors (Lipinski definition) is 1. The predicted molar refractivity (Wildman–Crippen MR) is 69.7 cm³/mol. The van der Waals surface area contributed by atoms with E-state index in [2.05, 4.69) is 12.2 Å². The van der Waals surface area contributed by atoms with E-state index in [9.17, 15) is 8.78 Å². The minimum absolute atomic E-state index is 0.132. The highest BCUT2D eigenvalue weighted by molar-refractivity contribution is 5.29. The molecule has 0 atom stereocenters. The third kappa shape index (κ3) is 2.72. The largest absolute Gasteiger partial charge is 0.316 e. The summed E-state index contributed by atoms with van der Waals surface area (Å²) < 4.78 is 27.0. The molecule has 1 aliphatic carbocycles. The summed E-state index contributed by atoms with van der Waals surface area (Å²) in [6.45, 7) is 3.86. The van der Waals surface area contributed by atoms with Crippen LogP contribution < -0.4 is 5.32 Å². The lowest BCUT2D eigenvalue weighted by Gasteiger charge is -2.30. The van der Waals surface area contributed by atoms with Gasteiger partial charge in [-0.05, 0) is 37.4 Å². The van der Waals surface area contributed by atoms with Gasteiger partial charge in [-0.2, -0.15) is 0 Å². The van der Waals surface area contributed by atoms with Crippen LogP contribution in [0.4, 0.5) is 8.78 Å². The molecular weight excluding hydrogens is 232 g/mol. The first kappa shape index (κ1) is 13.5. The fourth-order valence-corrected chi connectivity index (χ4v) is 3.02. The molecule has 0 radical (unpaired) electrons. The lowest BCUT2D eigenvalue weighted by Crippen LogP contribution is -2.37. The average Bonchev–Trinajstić information content (AvgIpc) is 2.79. The standard InChI is InChI=1S/C15H21F2N/c1-2-9-18-11-15(7-3-4-8-15)13-6-5-12(16)10-14(13)17/h5-6,10,18H,2-4,7-9,11H2,1H3. The van der Waals surface area contributed by atoms with Crippen molar-refractivity contribution in [2.24, 2.45) is 0 Å². The zero-order valence-corrected chi connectivity index (χ0v) is 10.9. The van der Waals surface area contributed by atoms with Crippen molar-refractivity contribution in [3.8, 4) is 0 Å². The van der Waals surface area contributed by atoms with Crippen molar-refractivity contribution in [3.05, 3.63) is 35.4 Å². The number of hydrogen-bond acceptors (Lipinski definition) is 1. The zero-order valence-electron chi connectivity index (χ0n) is 10.9. The Labute approximate surface area is 108 Å². The van der Waals surface area contributed by atoms with Crippen LogP contribution in [0.15, 0.2) is 18.2 Å². The van der Waals surface area contributed by atoms with Crippen molar-refractivity contribution in [2.75, 3.05) is 13.1 Å². The van der Waals surface area contributed by atoms with Gasteiger partial charge in [-0.1, -0.05) is 25.8 Å². The van der Waals surface area contributed by atoms with Crippen LogP contribution in [0.2, 0.25) is 0 Å². The molecule has 0 unspecified atom stereocenters. The highest BCUT2D eigenvalue weighted by atomic mass is 19.1. The summed E-state index contributed by atoms with van der Waals surface area (Å²) in [6.07, 6.45) is 5.32. The smallest absolute Gasteiger partial charge is 0.129 e. The Morgan fingerprint density at radius 1 is 1.22 bits per heavy atom. The summed E-state index contributed by atoms with van der Waals surface area (Å²) in [5, 5.41) is 3.40. The molecule has 0 saturated heterocycles. The molecule has 3 heteroatoms. The molecule has 1 aromatic carbocycles. The van der Waals surface area contributed by atoms with Crippen molar-refractivity contribution in [1.82, 2.24) is 5.32 Å². The Morgan fingerprint density at radius 3 is 2.56 bits per heavy atom. The van der Waals surface area contributed by atoms with E-state index in [4.69, 9.17) is 0 Å². The SMILES string of the molecule is CCCNCC1(c2ccc(F)cc2F)CCCC1. The highest BCUT2D eigenvalue weighted by Gasteiger charge is 2.37. The van der Waals surface area contributed by atoms with Crippen LogP contribution in [-0.4, -0.2) is 13.1 Å². The van der Waals surface area contributed by atoms with Crippen LogP contribution in [0.3, 0.4) is 0 Å². The van der Waals surface area contributed by atoms with Gasteiger partial charge in [0.25, 0.3) is 0 Å². The average molecular weight is 253 g/mol. The van der Waals surface area contributed by atoms with Crippen LogP contribution in [0.1, 0.15) is 44.6 Å². The molecule has 1 fully saturated rings. The predicted octanol–water partition coefficient (Wildman–Crippen LogP) is 3.78. The summed E-state index contributed by atoms with van der Waals surface area (Å²) >= 11 is 0. The molecule has 1 aromatic rings. The monoisotopic (exact) mass is 253 g/mol. The van der Waals surface area contributed by atoms with Gasteiger partial charge in [-0.25, -0.2) is 8.78 Å². The van der Waals surface area contributed by atoms with Gasteiger partial charge in [0.2, 0.25) is 0 Å². The third-order valence-electron chi connectivity index (χ3n) is 3.95. The molecule has 0 amide bonds. The van der Waals surface area contributed by atoms with Gasteiger partial charge >= 0.3 is 0 Å². The Morgan fingerprint density at radius 2 is 1.94 bits per heavy atom. The van der Waals surface area contributed by atoms with E-state index in [-0.39, 0.29) is 5.41 Å². The molecule has 2 rings (SSSR count). The maximum Gasteiger partial charge on any atom is 0.129 e. The first-order valence-electron chi connectivity index (χ1n) is 6.84. The van der Waals surface area contributed by atoms with Crippen molar-refractivity contribution < 1.29 is 8.78 Å². The number of benzene rings is 1. The maximum absolute atomic E-state index is 14.0. The van der Waals surface area contributed by atoms with Gasteiger partial charge in [0.1, 0.15) is 11.6 Å². The van der Waals surface area contributed by atoms with E-state index in [1.165, 1.54) is 6.07 Å². The van der Waals surface area contributed by atoms with Crippen LogP contribution in [0, 0.1) is 11.6 Å². The minimum Gasteiger partial charge on any atom is -0.316 e. The molecule has 1 nitrogen and oxygen atoms in total. The van der Waals surface area contributed by atoms with E-state index in [0.29, 0.717) is 5.56 Å². The van der Waals surface area contributed by atoms with Crippen LogP contribution >= 0.6 is 0 Å². The summed E-state index contributed by atoms with van der Waals surface area (Å²) in [7, 11) is 0. The molecule has 0 bridgehead atoms. The van der Waals surface area contributed by atoms with E-state index in [1.54, 1.807) is 6.07 Å². The second-order valence-electron chi connectivity index (χ2n) is 5.29. The molecule has 1 saturated carbocycles. The fourth-order valence-electron chi connectivity index (χ4n) is 3.02. The quantitative estimate of drug-likeness (QED) is 0.787. The minimum atomic E-state index is -0.495. The Bertz CT molecular complexity index is 397. The third-order valence-corrected chi connectivity index (χ3v) is 3.95. The molecule has 0 heterocycles. The number of halogens is 2. The molecule has 1 aliphatic rings. The topological polar surface area (TPSA) is 12.0 Å². The summed E-state index contributed by atoms with van der Waals surface area (Å²) in [5.74, 6) is -0.888. The fraction of sp³-hybridized carbons (Fsp3) is 0.600. The van der Waals surface area contributed by atoms with Crippen molar-refractivity contribution in [3.63, 3.8) is 0 Å². The molecule has 0 aromatic heterocycles. The molecule has 0 aliphatic heterocycles. The summed E-state index contributed by atoms with van der Waals surface area (Å²) in [4.78, 5) is 0. The maximum atomic E-state index is 14.0. The van der Waals surface area contributed by atoms with Gasteiger partial charge in [0.15, 0.2) is 0 Å². The number of nitrogens with one attached hydrogen (secondary N) is 1. The van der Waals surface area contributed by atoms with Crippen LogP contribution in [-0.2, 0) is 5.41 Å². The van der Waals surface area contributed by atoms with Crippen LogP contribution in [0.25, 0.3) is 0 Å². The summed E-state index contributed by atoms with van der Waals surface area (Å²) in [5.41, 5.74) is 0.553. The number of rotatable bonds is 5. The van der Waals surface area contributed by atoms with E-state index >= 15 is 0 Å². The first-order valence-corrected chi connectivity index (χ1v) is 6.84. The van der Waals surface area contributed by atoms with E-state index < -0.39 is 11.6 Å². The molecular formula is C15H21F2N. The van der Waals surface area contributed by atoms with E-state index in [0.717, 1.165) is 51.3 Å². The van der Waals surface area contributed by atoms with Gasteiger partial charge in [-0.15, -0.1) is 0 Å². The zero-order chi connectivity index (χ0) is 13.0. The lowest BCUT2D eigenvalue weighted by molar-refractivity contribution is 0.386. The lowest BCUT2D eigenvalue weighted by atomic mass is 9.78. The highest BCUT2D eigenvalue weighted by Crippen LogP contribution is 2.41. The second-order valence-corrected chi connectivity index (χ2v) is 5.29. The van der Waals surface area contributed by atoms with E-state index in [1.807, 2.05) is 0 Å². The molecule has 100 valence electrons. The summed E-state index contributed by atoms with van der Waals surface area (Å²) in [6, 6.07) is 4.01.